The lowest BCUT2D eigenvalue weighted by atomic mass is 9.90. The van der Waals surface area contributed by atoms with Crippen molar-refractivity contribution in [2.75, 3.05) is 18.5 Å². The number of amides is 1. The van der Waals surface area contributed by atoms with E-state index in [0.717, 1.165) is 15.7 Å². The van der Waals surface area contributed by atoms with E-state index < -0.39 is 5.54 Å². The summed E-state index contributed by atoms with van der Waals surface area (Å²) in [6, 6.07) is 5.79. The summed E-state index contributed by atoms with van der Waals surface area (Å²) >= 11 is 3.44. The van der Waals surface area contributed by atoms with E-state index in [-0.39, 0.29) is 5.91 Å². The van der Waals surface area contributed by atoms with Crippen molar-refractivity contribution in [1.29, 1.82) is 0 Å². The Morgan fingerprint density at radius 1 is 1.44 bits per heavy atom. The molecule has 2 rings (SSSR count). The van der Waals surface area contributed by atoms with E-state index >= 15 is 0 Å². The first-order valence-corrected chi connectivity index (χ1v) is 6.75. The van der Waals surface area contributed by atoms with E-state index in [9.17, 15) is 4.79 Å². The molecule has 1 aromatic rings. The lowest BCUT2D eigenvalue weighted by Gasteiger charge is -2.31. The van der Waals surface area contributed by atoms with Crippen molar-refractivity contribution in [3.8, 4) is 0 Å². The van der Waals surface area contributed by atoms with Crippen LogP contribution in [0.2, 0.25) is 0 Å². The van der Waals surface area contributed by atoms with Gasteiger partial charge in [0.25, 0.3) is 0 Å². The molecule has 1 fully saturated rings. The molecule has 0 saturated carbocycles. The van der Waals surface area contributed by atoms with Crippen LogP contribution in [-0.4, -0.2) is 24.7 Å². The Kier molecular flexibility index (Phi) is 4.04. The van der Waals surface area contributed by atoms with Gasteiger partial charge in [-0.2, -0.15) is 0 Å². The summed E-state index contributed by atoms with van der Waals surface area (Å²) in [7, 11) is 0. The van der Waals surface area contributed by atoms with E-state index in [4.69, 9.17) is 10.5 Å². The number of carbonyl (C=O) groups is 1. The predicted molar refractivity (Wildman–Crippen MR) is 74.5 cm³/mol. The minimum Gasteiger partial charge on any atom is -0.381 e. The lowest BCUT2D eigenvalue weighted by molar-refractivity contribution is -0.124. The number of hydrogen-bond donors (Lipinski definition) is 2. The second-order valence-corrected chi connectivity index (χ2v) is 5.56. The minimum absolute atomic E-state index is 0.143. The summed E-state index contributed by atoms with van der Waals surface area (Å²) in [6.45, 7) is 3.08. The van der Waals surface area contributed by atoms with Crippen LogP contribution in [0.5, 0.6) is 0 Å². The highest BCUT2D eigenvalue weighted by Crippen LogP contribution is 2.26. The summed E-state index contributed by atoms with van der Waals surface area (Å²) in [6.07, 6.45) is 1.12. The van der Waals surface area contributed by atoms with Gasteiger partial charge < -0.3 is 15.8 Å². The molecule has 0 radical (unpaired) electrons. The molecule has 0 bridgehead atoms. The maximum Gasteiger partial charge on any atom is 0.244 e. The molecule has 1 aliphatic rings. The largest absolute Gasteiger partial charge is 0.381 e. The Balaban J connectivity index is 2.11. The third-order valence-electron chi connectivity index (χ3n) is 3.21. The summed E-state index contributed by atoms with van der Waals surface area (Å²) in [5.41, 5.74) is 7.19. The first-order valence-electron chi connectivity index (χ1n) is 5.95. The van der Waals surface area contributed by atoms with Crippen molar-refractivity contribution >= 4 is 27.5 Å². The normalized spacial score (nSPS) is 18.4. The van der Waals surface area contributed by atoms with E-state index in [1.807, 2.05) is 25.1 Å². The third kappa shape index (κ3) is 2.91. The first kappa shape index (κ1) is 13.5. The number of benzene rings is 1. The van der Waals surface area contributed by atoms with Gasteiger partial charge in [-0.1, -0.05) is 6.07 Å². The number of anilines is 1. The van der Waals surface area contributed by atoms with Gasteiger partial charge in [0.1, 0.15) is 5.54 Å². The van der Waals surface area contributed by atoms with Crippen LogP contribution in [0, 0.1) is 6.92 Å². The molecule has 0 spiro atoms. The average molecular weight is 313 g/mol. The molecule has 1 saturated heterocycles. The highest BCUT2D eigenvalue weighted by molar-refractivity contribution is 9.10. The zero-order valence-electron chi connectivity index (χ0n) is 10.3. The molecule has 0 aromatic heterocycles. The molecular weight excluding hydrogens is 296 g/mol. The number of aryl methyl sites for hydroxylation is 1. The van der Waals surface area contributed by atoms with Gasteiger partial charge in [-0.25, -0.2) is 0 Å². The number of rotatable bonds is 2. The topological polar surface area (TPSA) is 64.4 Å². The second-order valence-electron chi connectivity index (χ2n) is 4.71. The Morgan fingerprint density at radius 2 is 2.11 bits per heavy atom. The quantitative estimate of drug-likeness (QED) is 0.880. The SMILES string of the molecule is Cc1ccc(NC(=O)C2(N)CCOCC2)c(Br)c1. The van der Waals surface area contributed by atoms with Crippen LogP contribution in [0.25, 0.3) is 0 Å². The fourth-order valence-electron chi connectivity index (χ4n) is 1.93. The molecule has 0 aliphatic carbocycles. The molecule has 0 unspecified atom stereocenters. The van der Waals surface area contributed by atoms with Crippen molar-refractivity contribution in [3.05, 3.63) is 28.2 Å². The molecule has 3 N–H and O–H groups in total. The molecule has 1 heterocycles. The lowest BCUT2D eigenvalue weighted by Crippen LogP contribution is -2.54. The summed E-state index contributed by atoms with van der Waals surface area (Å²) < 4.78 is 6.10. The first-order chi connectivity index (χ1) is 8.51. The van der Waals surface area contributed by atoms with Crippen LogP contribution in [0.15, 0.2) is 22.7 Å². The molecule has 1 amide bonds. The number of nitrogens with two attached hydrogens (primary N) is 1. The van der Waals surface area contributed by atoms with Crippen LogP contribution in [0.4, 0.5) is 5.69 Å². The van der Waals surface area contributed by atoms with Crippen LogP contribution in [-0.2, 0) is 9.53 Å². The van der Waals surface area contributed by atoms with Gasteiger partial charge in [0.2, 0.25) is 5.91 Å². The summed E-state index contributed by atoms with van der Waals surface area (Å²) in [5, 5.41) is 2.88. The van der Waals surface area contributed by atoms with E-state index in [1.54, 1.807) is 0 Å². The van der Waals surface area contributed by atoms with Crippen molar-refractivity contribution in [3.63, 3.8) is 0 Å². The molecule has 1 aromatic carbocycles. The van der Waals surface area contributed by atoms with Crippen LogP contribution in [0.3, 0.4) is 0 Å². The van der Waals surface area contributed by atoms with E-state index in [0.29, 0.717) is 26.1 Å². The van der Waals surface area contributed by atoms with Crippen LogP contribution in [0.1, 0.15) is 18.4 Å². The standard InChI is InChI=1S/C13H17BrN2O2/c1-9-2-3-11(10(14)8-9)16-12(17)13(15)4-6-18-7-5-13/h2-3,8H,4-7,15H2,1H3,(H,16,17). The van der Waals surface area contributed by atoms with Gasteiger partial charge in [0.15, 0.2) is 0 Å². The molecule has 98 valence electrons. The van der Waals surface area contributed by atoms with Crippen molar-refractivity contribution in [1.82, 2.24) is 0 Å². The monoisotopic (exact) mass is 312 g/mol. The average Bonchev–Trinajstić information content (AvgIpc) is 2.33. The zero-order chi connectivity index (χ0) is 13.2. The van der Waals surface area contributed by atoms with Crippen molar-refractivity contribution < 1.29 is 9.53 Å². The smallest absolute Gasteiger partial charge is 0.244 e. The maximum atomic E-state index is 12.2. The van der Waals surface area contributed by atoms with E-state index in [2.05, 4.69) is 21.2 Å². The van der Waals surface area contributed by atoms with Crippen LogP contribution >= 0.6 is 15.9 Å². The summed E-state index contributed by atoms with van der Waals surface area (Å²) in [4.78, 5) is 12.2. The fourth-order valence-corrected chi connectivity index (χ4v) is 2.52. The van der Waals surface area contributed by atoms with Crippen LogP contribution < -0.4 is 11.1 Å². The highest BCUT2D eigenvalue weighted by Gasteiger charge is 2.36. The fraction of sp³-hybridized carbons (Fsp3) is 0.462. The third-order valence-corrected chi connectivity index (χ3v) is 3.87. The Labute approximate surface area is 115 Å². The minimum atomic E-state index is -0.817. The van der Waals surface area contributed by atoms with Crippen molar-refractivity contribution in [2.24, 2.45) is 5.73 Å². The Bertz CT molecular complexity index is 456. The Morgan fingerprint density at radius 3 is 2.72 bits per heavy atom. The molecule has 1 aliphatic heterocycles. The van der Waals surface area contributed by atoms with Gasteiger partial charge in [-0.15, -0.1) is 0 Å². The van der Waals surface area contributed by atoms with Gasteiger partial charge in [-0.05, 0) is 53.4 Å². The second kappa shape index (κ2) is 5.38. The van der Waals surface area contributed by atoms with Gasteiger partial charge in [0, 0.05) is 17.7 Å². The van der Waals surface area contributed by atoms with Gasteiger partial charge in [-0.3, -0.25) is 4.79 Å². The van der Waals surface area contributed by atoms with Crippen molar-refractivity contribution in [2.45, 2.75) is 25.3 Å². The Hall–Kier alpha value is -0.910. The number of nitrogens with one attached hydrogen (secondary N) is 1. The zero-order valence-corrected chi connectivity index (χ0v) is 11.9. The molecular formula is C13H17BrN2O2. The van der Waals surface area contributed by atoms with Gasteiger partial charge >= 0.3 is 0 Å². The molecule has 0 atom stereocenters. The number of carbonyl (C=O) groups excluding carboxylic acids is 1. The predicted octanol–water partition coefficient (Wildman–Crippen LogP) is 2.20. The molecule has 18 heavy (non-hydrogen) atoms. The summed E-state index contributed by atoms with van der Waals surface area (Å²) in [5.74, 6) is -0.143. The molecule has 5 heteroatoms. The number of halogens is 1. The highest BCUT2D eigenvalue weighted by atomic mass is 79.9. The maximum absolute atomic E-state index is 12.2. The number of ether oxygens (including phenoxy) is 1. The van der Waals surface area contributed by atoms with E-state index in [1.165, 1.54) is 0 Å². The molecule has 4 nitrogen and oxygen atoms in total. The van der Waals surface area contributed by atoms with Gasteiger partial charge in [0.05, 0.1) is 5.69 Å². The number of hydrogen-bond acceptors (Lipinski definition) is 3.